The molecule has 2 nitrogen and oxygen atoms in total. The Bertz CT molecular complexity index is 388. The maximum absolute atomic E-state index is 6.20. The second-order valence-electron chi connectivity index (χ2n) is 5.39. The van der Waals surface area contributed by atoms with Crippen molar-refractivity contribution in [2.75, 3.05) is 13.7 Å². The number of hydrogen-bond donors (Lipinski definition) is 1. The molecule has 0 aromatic heterocycles. The molecule has 1 aliphatic rings. The van der Waals surface area contributed by atoms with Gasteiger partial charge in [0.2, 0.25) is 0 Å². The van der Waals surface area contributed by atoms with Crippen LogP contribution in [0, 0.1) is 5.92 Å². The number of methoxy groups -OCH3 is 1. The number of benzene rings is 1. The molecule has 2 rings (SSSR count). The molecule has 19 heavy (non-hydrogen) atoms. The van der Waals surface area contributed by atoms with Crippen molar-refractivity contribution in [2.24, 2.45) is 5.92 Å². The summed E-state index contributed by atoms with van der Waals surface area (Å²) in [5, 5.41) is 4.26. The van der Waals surface area contributed by atoms with Crippen molar-refractivity contribution in [1.82, 2.24) is 5.32 Å². The van der Waals surface area contributed by atoms with Crippen LogP contribution in [0.3, 0.4) is 0 Å². The van der Waals surface area contributed by atoms with Crippen LogP contribution in [0.25, 0.3) is 0 Å². The predicted octanol–water partition coefficient (Wildman–Crippen LogP) is 4.41. The van der Waals surface area contributed by atoms with Gasteiger partial charge in [0.1, 0.15) is 5.75 Å². The molecule has 0 atom stereocenters. The van der Waals surface area contributed by atoms with Gasteiger partial charge in [-0.25, -0.2) is 0 Å². The van der Waals surface area contributed by atoms with Crippen molar-refractivity contribution < 1.29 is 4.74 Å². The molecule has 0 bridgehead atoms. The van der Waals surface area contributed by atoms with Gasteiger partial charge in [-0.3, -0.25) is 0 Å². The van der Waals surface area contributed by atoms with Crippen LogP contribution in [-0.2, 0) is 6.54 Å². The van der Waals surface area contributed by atoms with Crippen molar-refractivity contribution in [3.8, 4) is 5.75 Å². The molecule has 0 spiro atoms. The minimum atomic E-state index is 0.780. The van der Waals surface area contributed by atoms with E-state index in [-0.39, 0.29) is 0 Å². The van der Waals surface area contributed by atoms with Gasteiger partial charge in [-0.2, -0.15) is 0 Å². The Morgan fingerprint density at radius 3 is 2.84 bits per heavy atom. The van der Waals surface area contributed by atoms with E-state index in [1.54, 1.807) is 7.11 Å². The Balaban J connectivity index is 1.70. The first kappa shape index (κ1) is 14.7. The van der Waals surface area contributed by atoms with Gasteiger partial charge in [-0.05, 0) is 37.4 Å². The third-order valence-corrected chi connectivity index (χ3v) is 4.39. The molecule has 0 unspecified atom stereocenters. The van der Waals surface area contributed by atoms with Crippen LogP contribution in [0.15, 0.2) is 18.2 Å². The molecule has 3 heteroatoms. The lowest BCUT2D eigenvalue weighted by molar-refractivity contribution is 0.407. The smallest absolute Gasteiger partial charge is 0.124 e. The Labute approximate surface area is 121 Å². The standard InChI is InChI=1S/C16H24ClNO/c1-19-16-10-4-9-15(17)14(16)12-18-11-5-8-13-6-2-3-7-13/h4,9-10,13,18H,2-3,5-8,11-12H2,1H3. The van der Waals surface area contributed by atoms with Gasteiger partial charge in [0.25, 0.3) is 0 Å². The van der Waals surface area contributed by atoms with Gasteiger partial charge < -0.3 is 10.1 Å². The second kappa shape index (κ2) is 7.76. The number of ether oxygens (including phenoxy) is 1. The van der Waals surface area contributed by atoms with E-state index < -0.39 is 0 Å². The molecule has 0 radical (unpaired) electrons. The third-order valence-electron chi connectivity index (χ3n) is 4.04. The molecular weight excluding hydrogens is 258 g/mol. The van der Waals surface area contributed by atoms with E-state index >= 15 is 0 Å². The van der Waals surface area contributed by atoms with Crippen molar-refractivity contribution in [2.45, 2.75) is 45.1 Å². The summed E-state index contributed by atoms with van der Waals surface area (Å²) < 4.78 is 5.34. The monoisotopic (exact) mass is 281 g/mol. The number of rotatable bonds is 7. The number of nitrogens with one attached hydrogen (secondary N) is 1. The van der Waals surface area contributed by atoms with E-state index in [0.717, 1.165) is 35.3 Å². The fraction of sp³-hybridized carbons (Fsp3) is 0.625. The summed E-state index contributed by atoms with van der Waals surface area (Å²) >= 11 is 6.20. The maximum Gasteiger partial charge on any atom is 0.124 e. The Morgan fingerprint density at radius 1 is 1.32 bits per heavy atom. The fourth-order valence-corrected chi connectivity index (χ4v) is 3.16. The van der Waals surface area contributed by atoms with Crippen LogP contribution in [-0.4, -0.2) is 13.7 Å². The Hall–Kier alpha value is -0.730. The van der Waals surface area contributed by atoms with E-state index in [0.29, 0.717) is 0 Å². The minimum Gasteiger partial charge on any atom is -0.496 e. The van der Waals surface area contributed by atoms with Crippen molar-refractivity contribution >= 4 is 11.6 Å². The zero-order chi connectivity index (χ0) is 13.5. The van der Waals surface area contributed by atoms with Gasteiger partial charge in [0.05, 0.1) is 7.11 Å². The van der Waals surface area contributed by atoms with Gasteiger partial charge >= 0.3 is 0 Å². The summed E-state index contributed by atoms with van der Waals surface area (Å²) in [4.78, 5) is 0. The highest BCUT2D eigenvalue weighted by atomic mass is 35.5. The van der Waals surface area contributed by atoms with Gasteiger partial charge in [0.15, 0.2) is 0 Å². The number of halogens is 1. The Morgan fingerprint density at radius 2 is 2.11 bits per heavy atom. The summed E-state index contributed by atoms with van der Waals surface area (Å²) in [6.45, 7) is 1.85. The van der Waals surface area contributed by atoms with Gasteiger partial charge in [-0.15, -0.1) is 0 Å². The van der Waals surface area contributed by atoms with E-state index in [1.807, 2.05) is 18.2 Å². The highest BCUT2D eigenvalue weighted by Crippen LogP contribution is 2.28. The molecule has 106 valence electrons. The molecule has 1 fully saturated rings. The highest BCUT2D eigenvalue weighted by Gasteiger charge is 2.14. The van der Waals surface area contributed by atoms with E-state index in [9.17, 15) is 0 Å². The van der Waals surface area contributed by atoms with E-state index in [2.05, 4.69) is 5.32 Å². The highest BCUT2D eigenvalue weighted by molar-refractivity contribution is 6.31. The zero-order valence-electron chi connectivity index (χ0n) is 11.8. The maximum atomic E-state index is 6.20. The van der Waals surface area contributed by atoms with Crippen LogP contribution in [0.2, 0.25) is 5.02 Å². The molecule has 1 aliphatic carbocycles. The van der Waals surface area contributed by atoms with Gasteiger partial charge in [0, 0.05) is 17.1 Å². The lowest BCUT2D eigenvalue weighted by atomic mass is 10.0. The van der Waals surface area contributed by atoms with E-state index in [1.165, 1.54) is 38.5 Å². The average molecular weight is 282 g/mol. The van der Waals surface area contributed by atoms with E-state index in [4.69, 9.17) is 16.3 Å². The molecule has 0 aliphatic heterocycles. The van der Waals surface area contributed by atoms with Crippen LogP contribution in [0.4, 0.5) is 0 Å². The first-order valence-corrected chi connectivity index (χ1v) is 7.71. The normalized spacial score (nSPS) is 15.9. The summed E-state index contributed by atoms with van der Waals surface area (Å²) in [5.41, 5.74) is 1.06. The first-order valence-electron chi connectivity index (χ1n) is 7.33. The summed E-state index contributed by atoms with van der Waals surface area (Å²) in [6.07, 6.45) is 8.39. The summed E-state index contributed by atoms with van der Waals surface area (Å²) in [7, 11) is 1.69. The van der Waals surface area contributed by atoms with Crippen LogP contribution >= 0.6 is 11.6 Å². The molecular formula is C16H24ClNO. The second-order valence-corrected chi connectivity index (χ2v) is 5.80. The zero-order valence-corrected chi connectivity index (χ0v) is 12.5. The molecule has 1 N–H and O–H groups in total. The lowest BCUT2D eigenvalue weighted by Crippen LogP contribution is -2.16. The van der Waals surface area contributed by atoms with Crippen LogP contribution in [0.1, 0.15) is 44.1 Å². The summed E-state index contributed by atoms with van der Waals surface area (Å²) in [6, 6.07) is 5.80. The third kappa shape index (κ3) is 4.39. The molecule has 1 aromatic carbocycles. The minimum absolute atomic E-state index is 0.780. The first-order chi connectivity index (χ1) is 9.31. The molecule has 0 heterocycles. The average Bonchev–Trinajstić information content (AvgIpc) is 2.93. The lowest BCUT2D eigenvalue weighted by Gasteiger charge is -2.12. The van der Waals surface area contributed by atoms with Gasteiger partial charge in [-0.1, -0.05) is 43.4 Å². The largest absolute Gasteiger partial charge is 0.496 e. The molecule has 1 aromatic rings. The fourth-order valence-electron chi connectivity index (χ4n) is 2.93. The van der Waals surface area contributed by atoms with Crippen LogP contribution < -0.4 is 10.1 Å². The molecule has 1 saturated carbocycles. The number of hydrogen-bond acceptors (Lipinski definition) is 2. The van der Waals surface area contributed by atoms with Crippen molar-refractivity contribution in [1.29, 1.82) is 0 Å². The molecule has 0 amide bonds. The van der Waals surface area contributed by atoms with Crippen molar-refractivity contribution in [3.05, 3.63) is 28.8 Å². The van der Waals surface area contributed by atoms with Crippen LogP contribution in [0.5, 0.6) is 5.75 Å². The Kier molecular flexibility index (Phi) is 5.99. The quantitative estimate of drug-likeness (QED) is 0.748. The SMILES string of the molecule is COc1cccc(Cl)c1CNCCCC1CCCC1. The topological polar surface area (TPSA) is 21.3 Å². The predicted molar refractivity (Wildman–Crippen MR) is 80.9 cm³/mol. The molecule has 0 saturated heterocycles. The van der Waals surface area contributed by atoms with Crippen molar-refractivity contribution in [3.63, 3.8) is 0 Å². The summed E-state index contributed by atoms with van der Waals surface area (Å²) in [5.74, 6) is 1.85.